The summed E-state index contributed by atoms with van der Waals surface area (Å²) in [5.41, 5.74) is 18.3. The first-order valence-corrected chi connectivity index (χ1v) is 5.66. The molecule has 0 bridgehead atoms. The number of hydrogen-bond donors (Lipinski definition) is 2. The van der Waals surface area contributed by atoms with Crippen LogP contribution in [0.15, 0.2) is 36.4 Å². The molecule has 2 aromatic carbocycles. The highest BCUT2D eigenvalue weighted by molar-refractivity contribution is 5.79. The van der Waals surface area contributed by atoms with E-state index in [0.29, 0.717) is 0 Å². The summed E-state index contributed by atoms with van der Waals surface area (Å²) in [5, 5.41) is 0. The highest BCUT2D eigenvalue weighted by Gasteiger charge is 2.21. The summed E-state index contributed by atoms with van der Waals surface area (Å²) in [6, 6.07) is 12.1. The molecule has 0 aliphatic carbocycles. The van der Waals surface area contributed by atoms with Gasteiger partial charge in [-0.2, -0.15) is 0 Å². The minimum Gasteiger partial charge on any atom is -0.399 e. The zero-order valence-corrected chi connectivity index (χ0v) is 9.77. The lowest BCUT2D eigenvalue weighted by Gasteiger charge is -2.31. The minimum atomic E-state index is 0.801. The monoisotopic (exact) mass is 225 g/mol. The first kappa shape index (κ1) is 10.0. The van der Waals surface area contributed by atoms with Crippen molar-refractivity contribution in [3.05, 3.63) is 47.5 Å². The molecule has 0 atom stereocenters. The van der Waals surface area contributed by atoms with Crippen molar-refractivity contribution in [3.8, 4) is 0 Å². The van der Waals surface area contributed by atoms with Crippen LogP contribution in [-0.2, 0) is 6.42 Å². The molecule has 2 aromatic rings. The molecule has 1 aliphatic rings. The lowest BCUT2D eigenvalue weighted by Crippen LogP contribution is -2.19. The van der Waals surface area contributed by atoms with Crippen molar-refractivity contribution in [2.24, 2.45) is 0 Å². The van der Waals surface area contributed by atoms with Gasteiger partial charge in [-0.25, -0.2) is 0 Å². The molecule has 3 heteroatoms. The van der Waals surface area contributed by atoms with Gasteiger partial charge in [0, 0.05) is 41.8 Å². The average Bonchev–Trinajstić information content (AvgIpc) is 2.30. The Morgan fingerprint density at radius 2 is 1.88 bits per heavy atom. The van der Waals surface area contributed by atoms with Crippen molar-refractivity contribution < 1.29 is 0 Å². The maximum Gasteiger partial charge on any atom is 0.0464 e. The van der Waals surface area contributed by atoms with Crippen LogP contribution in [-0.4, -0.2) is 7.05 Å². The van der Waals surface area contributed by atoms with E-state index < -0.39 is 0 Å². The summed E-state index contributed by atoms with van der Waals surface area (Å²) in [6.45, 7) is 0. The van der Waals surface area contributed by atoms with E-state index in [2.05, 4.69) is 24.1 Å². The highest BCUT2D eigenvalue weighted by atomic mass is 15.1. The van der Waals surface area contributed by atoms with Crippen LogP contribution < -0.4 is 16.4 Å². The van der Waals surface area contributed by atoms with E-state index in [9.17, 15) is 0 Å². The normalized spacial score (nSPS) is 13.1. The third-order valence-corrected chi connectivity index (χ3v) is 3.38. The third-order valence-electron chi connectivity index (χ3n) is 3.38. The molecule has 0 spiro atoms. The fourth-order valence-corrected chi connectivity index (χ4v) is 2.49. The number of hydrogen-bond acceptors (Lipinski definition) is 3. The molecule has 0 aromatic heterocycles. The molecule has 0 saturated carbocycles. The molecule has 0 fully saturated rings. The number of nitrogens with two attached hydrogens (primary N) is 2. The van der Waals surface area contributed by atoms with Crippen LogP contribution in [0.25, 0.3) is 0 Å². The Labute approximate surface area is 101 Å². The molecular weight excluding hydrogens is 210 g/mol. The van der Waals surface area contributed by atoms with E-state index in [1.165, 1.54) is 22.5 Å². The number of anilines is 4. The molecule has 3 nitrogen and oxygen atoms in total. The van der Waals surface area contributed by atoms with Crippen LogP contribution >= 0.6 is 0 Å². The van der Waals surface area contributed by atoms with E-state index >= 15 is 0 Å². The number of fused-ring (bicyclic) bond motifs is 2. The number of rotatable bonds is 0. The van der Waals surface area contributed by atoms with Gasteiger partial charge in [-0.1, -0.05) is 6.07 Å². The SMILES string of the molecule is CN1c2ccc(N)cc2Cc2c(N)cccc21. The van der Waals surface area contributed by atoms with Crippen LogP contribution in [0, 0.1) is 0 Å². The van der Waals surface area contributed by atoms with Crippen molar-refractivity contribution in [1.82, 2.24) is 0 Å². The van der Waals surface area contributed by atoms with Crippen LogP contribution in [0.4, 0.5) is 22.7 Å². The van der Waals surface area contributed by atoms with Gasteiger partial charge in [0.2, 0.25) is 0 Å². The predicted molar refractivity (Wildman–Crippen MR) is 72.6 cm³/mol. The lowest BCUT2D eigenvalue weighted by atomic mass is 9.94. The van der Waals surface area contributed by atoms with Gasteiger partial charge in [-0.3, -0.25) is 0 Å². The van der Waals surface area contributed by atoms with Crippen molar-refractivity contribution in [2.75, 3.05) is 23.4 Å². The third kappa shape index (κ3) is 1.43. The topological polar surface area (TPSA) is 55.3 Å². The van der Waals surface area contributed by atoms with Gasteiger partial charge in [0.15, 0.2) is 0 Å². The Kier molecular flexibility index (Phi) is 2.01. The largest absolute Gasteiger partial charge is 0.399 e. The molecule has 1 aliphatic heterocycles. The average molecular weight is 225 g/mol. The Bertz CT molecular complexity index is 590. The molecule has 3 rings (SSSR count). The molecule has 0 unspecified atom stereocenters. The summed E-state index contributed by atoms with van der Waals surface area (Å²) in [7, 11) is 2.06. The summed E-state index contributed by atoms with van der Waals surface area (Å²) >= 11 is 0. The second-order valence-corrected chi connectivity index (χ2v) is 4.47. The van der Waals surface area contributed by atoms with Crippen molar-refractivity contribution in [2.45, 2.75) is 6.42 Å². The van der Waals surface area contributed by atoms with Gasteiger partial charge in [0.25, 0.3) is 0 Å². The van der Waals surface area contributed by atoms with Gasteiger partial charge in [0.05, 0.1) is 0 Å². The summed E-state index contributed by atoms with van der Waals surface area (Å²) < 4.78 is 0. The molecule has 0 amide bonds. The molecule has 86 valence electrons. The Morgan fingerprint density at radius 1 is 1.06 bits per heavy atom. The molecule has 17 heavy (non-hydrogen) atoms. The fourth-order valence-electron chi connectivity index (χ4n) is 2.49. The van der Waals surface area contributed by atoms with E-state index in [1.54, 1.807) is 0 Å². The summed E-state index contributed by atoms with van der Waals surface area (Å²) in [5.74, 6) is 0. The Morgan fingerprint density at radius 3 is 2.71 bits per heavy atom. The second kappa shape index (κ2) is 3.42. The van der Waals surface area contributed by atoms with Gasteiger partial charge < -0.3 is 16.4 Å². The molecule has 4 N–H and O–H groups in total. The number of nitrogens with zero attached hydrogens (tertiary/aromatic N) is 1. The summed E-state index contributed by atoms with van der Waals surface area (Å²) in [6.07, 6.45) is 0.854. The molecule has 1 heterocycles. The van der Waals surface area contributed by atoms with Crippen molar-refractivity contribution >= 4 is 22.7 Å². The predicted octanol–water partition coefficient (Wildman–Crippen LogP) is 2.52. The quantitative estimate of drug-likeness (QED) is 0.677. The van der Waals surface area contributed by atoms with Gasteiger partial charge in [-0.05, 0) is 35.9 Å². The number of benzene rings is 2. The molecule has 0 radical (unpaired) electrons. The minimum absolute atomic E-state index is 0.801. The van der Waals surface area contributed by atoms with E-state index in [-0.39, 0.29) is 0 Å². The highest BCUT2D eigenvalue weighted by Crippen LogP contribution is 2.40. The summed E-state index contributed by atoms with van der Waals surface area (Å²) in [4.78, 5) is 2.17. The smallest absolute Gasteiger partial charge is 0.0464 e. The maximum atomic E-state index is 6.04. The Balaban J connectivity index is 2.21. The van der Waals surface area contributed by atoms with Crippen molar-refractivity contribution in [1.29, 1.82) is 0 Å². The Hall–Kier alpha value is -2.16. The maximum absolute atomic E-state index is 6.04. The standard InChI is InChI=1S/C14H15N3/c1-17-13-6-5-10(15)7-9(13)8-11-12(16)3-2-4-14(11)17/h2-7H,8,15-16H2,1H3. The number of nitrogen functional groups attached to an aromatic ring is 2. The van der Waals surface area contributed by atoms with Gasteiger partial charge >= 0.3 is 0 Å². The zero-order chi connectivity index (χ0) is 12.0. The van der Waals surface area contributed by atoms with E-state index in [1.807, 2.05) is 24.3 Å². The van der Waals surface area contributed by atoms with Crippen molar-refractivity contribution in [3.63, 3.8) is 0 Å². The van der Waals surface area contributed by atoms with Gasteiger partial charge in [-0.15, -0.1) is 0 Å². The first-order valence-electron chi connectivity index (χ1n) is 5.66. The molecular formula is C14H15N3. The van der Waals surface area contributed by atoms with Gasteiger partial charge in [0.1, 0.15) is 0 Å². The lowest BCUT2D eigenvalue weighted by molar-refractivity contribution is 1.06. The van der Waals surface area contributed by atoms with E-state index in [0.717, 1.165) is 17.8 Å². The van der Waals surface area contributed by atoms with Crippen LogP contribution in [0.3, 0.4) is 0 Å². The van der Waals surface area contributed by atoms with Crippen LogP contribution in [0.2, 0.25) is 0 Å². The second-order valence-electron chi connectivity index (χ2n) is 4.47. The molecule has 0 saturated heterocycles. The van der Waals surface area contributed by atoms with E-state index in [4.69, 9.17) is 11.5 Å². The fraction of sp³-hybridized carbons (Fsp3) is 0.143. The van der Waals surface area contributed by atoms with Crippen LogP contribution in [0.1, 0.15) is 11.1 Å². The van der Waals surface area contributed by atoms with Crippen LogP contribution in [0.5, 0.6) is 0 Å². The zero-order valence-electron chi connectivity index (χ0n) is 9.77. The first-order chi connectivity index (χ1) is 8.16.